The molecular formula is C22H35N3. The third kappa shape index (κ3) is 3.61. The quantitative estimate of drug-likeness (QED) is 0.734. The van der Waals surface area contributed by atoms with E-state index in [0.717, 1.165) is 0 Å². The fourth-order valence-electron chi connectivity index (χ4n) is 4.88. The first-order chi connectivity index (χ1) is 12.4. The van der Waals surface area contributed by atoms with Crippen molar-refractivity contribution in [3.63, 3.8) is 0 Å². The molecule has 0 aromatic heterocycles. The Hall–Kier alpha value is -1.38. The monoisotopic (exact) mass is 341 g/mol. The topological polar surface area (TPSA) is 9.72 Å². The van der Waals surface area contributed by atoms with E-state index in [0.29, 0.717) is 0 Å². The highest BCUT2D eigenvalue weighted by atomic mass is 15.2. The van der Waals surface area contributed by atoms with Crippen LogP contribution in [0.15, 0.2) is 12.1 Å². The Balaban J connectivity index is 1.76. The highest BCUT2D eigenvalue weighted by Crippen LogP contribution is 2.40. The Morgan fingerprint density at radius 3 is 1.56 bits per heavy atom. The maximum atomic E-state index is 2.68. The van der Waals surface area contributed by atoms with Crippen molar-refractivity contribution in [1.82, 2.24) is 0 Å². The summed E-state index contributed by atoms with van der Waals surface area (Å²) in [4.78, 5) is 8.00. The van der Waals surface area contributed by atoms with Crippen LogP contribution in [0.3, 0.4) is 0 Å². The lowest BCUT2D eigenvalue weighted by atomic mass is 10.0. The average molecular weight is 342 g/mol. The van der Waals surface area contributed by atoms with Crippen LogP contribution in [0.2, 0.25) is 0 Å². The van der Waals surface area contributed by atoms with E-state index < -0.39 is 0 Å². The molecule has 3 heteroatoms. The zero-order valence-corrected chi connectivity index (χ0v) is 16.1. The summed E-state index contributed by atoms with van der Waals surface area (Å²) in [6, 6.07) is 5.09. The van der Waals surface area contributed by atoms with Gasteiger partial charge >= 0.3 is 0 Å². The van der Waals surface area contributed by atoms with Crippen molar-refractivity contribution in [1.29, 1.82) is 0 Å². The fraction of sp³-hybridized carbons (Fsp3) is 0.727. The van der Waals surface area contributed by atoms with Crippen LogP contribution >= 0.6 is 0 Å². The molecule has 3 heterocycles. The highest BCUT2D eigenvalue weighted by molar-refractivity contribution is 5.76. The summed E-state index contributed by atoms with van der Waals surface area (Å²) in [6.07, 6.45) is 12.0. The number of hydrogen-bond donors (Lipinski definition) is 0. The molecule has 1 aromatic rings. The second kappa shape index (κ2) is 7.88. The minimum atomic E-state index is 1.24. The average Bonchev–Trinajstić information content (AvgIpc) is 3.42. The van der Waals surface area contributed by atoms with Gasteiger partial charge in [-0.25, -0.2) is 0 Å². The molecule has 25 heavy (non-hydrogen) atoms. The lowest BCUT2D eigenvalue weighted by molar-refractivity contribution is 0.783. The van der Waals surface area contributed by atoms with Crippen LogP contribution in [0, 0.1) is 0 Å². The van der Waals surface area contributed by atoms with Gasteiger partial charge in [-0.1, -0.05) is 13.3 Å². The van der Waals surface area contributed by atoms with Crippen LogP contribution < -0.4 is 14.7 Å². The van der Waals surface area contributed by atoms with Gasteiger partial charge in [0, 0.05) is 56.3 Å². The lowest BCUT2D eigenvalue weighted by Gasteiger charge is -2.31. The Morgan fingerprint density at radius 1 is 0.680 bits per heavy atom. The van der Waals surface area contributed by atoms with Gasteiger partial charge in [0.25, 0.3) is 0 Å². The van der Waals surface area contributed by atoms with Crippen LogP contribution in [-0.2, 0) is 6.42 Å². The van der Waals surface area contributed by atoms with Crippen molar-refractivity contribution in [3.8, 4) is 0 Å². The van der Waals surface area contributed by atoms with E-state index in [1.54, 1.807) is 16.9 Å². The van der Waals surface area contributed by atoms with Crippen LogP contribution in [0.25, 0.3) is 0 Å². The van der Waals surface area contributed by atoms with Gasteiger partial charge in [0.15, 0.2) is 0 Å². The third-order valence-corrected chi connectivity index (χ3v) is 6.33. The molecule has 0 unspecified atom stereocenters. The van der Waals surface area contributed by atoms with Crippen molar-refractivity contribution in [2.45, 2.75) is 64.7 Å². The van der Waals surface area contributed by atoms with E-state index in [1.807, 2.05) is 0 Å². The molecule has 3 aliphatic rings. The van der Waals surface area contributed by atoms with Gasteiger partial charge in [0.2, 0.25) is 0 Å². The second-order valence-electron chi connectivity index (χ2n) is 8.15. The number of unbranched alkanes of at least 4 members (excludes halogenated alkanes) is 1. The van der Waals surface area contributed by atoms with Crippen LogP contribution in [0.5, 0.6) is 0 Å². The van der Waals surface area contributed by atoms with Gasteiger partial charge in [-0.05, 0) is 69.1 Å². The summed E-state index contributed by atoms with van der Waals surface area (Å²) in [5, 5.41) is 0. The predicted molar refractivity (Wildman–Crippen MR) is 109 cm³/mol. The van der Waals surface area contributed by atoms with E-state index in [2.05, 4.69) is 33.8 Å². The standard InChI is InChI=1S/C22H35N3/c1-2-3-10-20-21(24-13-6-7-14-24)17-19(23-11-4-5-12-23)18-22(20)25-15-8-9-16-25/h17-18H,2-16H2,1H3. The molecule has 0 amide bonds. The molecule has 0 radical (unpaired) electrons. The molecule has 3 saturated heterocycles. The number of nitrogens with zero attached hydrogens (tertiary/aromatic N) is 3. The maximum absolute atomic E-state index is 2.68. The van der Waals surface area contributed by atoms with E-state index >= 15 is 0 Å². The number of hydrogen-bond acceptors (Lipinski definition) is 3. The first-order valence-electron chi connectivity index (χ1n) is 10.8. The van der Waals surface area contributed by atoms with Crippen molar-refractivity contribution in [3.05, 3.63) is 17.7 Å². The van der Waals surface area contributed by atoms with Crippen molar-refractivity contribution in [2.24, 2.45) is 0 Å². The van der Waals surface area contributed by atoms with E-state index in [4.69, 9.17) is 0 Å². The Bertz CT molecular complexity index is 528. The Labute approximate surface area is 154 Å². The molecule has 0 atom stereocenters. The summed E-state index contributed by atoms with van der Waals surface area (Å²) < 4.78 is 0. The number of rotatable bonds is 6. The molecule has 0 N–H and O–H groups in total. The molecule has 0 saturated carbocycles. The molecule has 4 rings (SSSR count). The normalized spacial score (nSPS) is 20.9. The molecule has 0 aliphatic carbocycles. The molecule has 0 spiro atoms. The Morgan fingerprint density at radius 2 is 1.12 bits per heavy atom. The molecule has 138 valence electrons. The van der Waals surface area contributed by atoms with Gasteiger partial charge in [-0.3, -0.25) is 0 Å². The van der Waals surface area contributed by atoms with Gasteiger partial charge in [-0.15, -0.1) is 0 Å². The summed E-state index contributed by atoms with van der Waals surface area (Å²) in [7, 11) is 0. The highest BCUT2D eigenvalue weighted by Gasteiger charge is 2.25. The van der Waals surface area contributed by atoms with Crippen LogP contribution in [-0.4, -0.2) is 39.3 Å². The van der Waals surface area contributed by atoms with Crippen molar-refractivity contribution >= 4 is 17.1 Å². The summed E-state index contributed by atoms with van der Waals surface area (Å²) in [5.41, 5.74) is 6.27. The summed E-state index contributed by atoms with van der Waals surface area (Å²) >= 11 is 0. The van der Waals surface area contributed by atoms with Gasteiger partial charge in [0.1, 0.15) is 0 Å². The largest absolute Gasteiger partial charge is 0.371 e. The van der Waals surface area contributed by atoms with E-state index in [1.165, 1.54) is 103 Å². The second-order valence-corrected chi connectivity index (χ2v) is 8.15. The van der Waals surface area contributed by atoms with Gasteiger partial charge in [0.05, 0.1) is 0 Å². The molecular weight excluding hydrogens is 306 g/mol. The molecule has 3 nitrogen and oxygen atoms in total. The van der Waals surface area contributed by atoms with Gasteiger partial charge < -0.3 is 14.7 Å². The third-order valence-electron chi connectivity index (χ3n) is 6.33. The predicted octanol–water partition coefficient (Wildman–Crippen LogP) is 4.83. The minimum Gasteiger partial charge on any atom is -0.371 e. The van der Waals surface area contributed by atoms with Crippen LogP contribution in [0.4, 0.5) is 17.1 Å². The molecule has 3 aliphatic heterocycles. The van der Waals surface area contributed by atoms with Crippen molar-refractivity contribution < 1.29 is 0 Å². The minimum absolute atomic E-state index is 1.24. The molecule has 1 aromatic carbocycles. The van der Waals surface area contributed by atoms with Crippen LogP contribution in [0.1, 0.15) is 63.9 Å². The first-order valence-corrected chi connectivity index (χ1v) is 10.8. The van der Waals surface area contributed by atoms with Crippen molar-refractivity contribution in [2.75, 3.05) is 54.0 Å². The Kier molecular flexibility index (Phi) is 5.38. The fourth-order valence-corrected chi connectivity index (χ4v) is 4.88. The summed E-state index contributed by atoms with van der Waals surface area (Å²) in [6.45, 7) is 9.82. The summed E-state index contributed by atoms with van der Waals surface area (Å²) in [5.74, 6) is 0. The van der Waals surface area contributed by atoms with E-state index in [9.17, 15) is 0 Å². The lowest BCUT2D eigenvalue weighted by Crippen LogP contribution is -2.26. The molecule has 0 bridgehead atoms. The smallest absolute Gasteiger partial charge is 0.0440 e. The maximum Gasteiger partial charge on any atom is 0.0440 e. The zero-order valence-electron chi connectivity index (χ0n) is 16.1. The van der Waals surface area contributed by atoms with Gasteiger partial charge in [-0.2, -0.15) is 0 Å². The first kappa shape index (κ1) is 17.1. The SMILES string of the molecule is CCCCc1c(N2CCCC2)cc(N2CCCC2)cc1N1CCCC1. The van der Waals surface area contributed by atoms with E-state index in [-0.39, 0.29) is 0 Å². The number of anilines is 3. The zero-order chi connectivity index (χ0) is 17.1. The number of benzene rings is 1. The molecule has 3 fully saturated rings.